The average Bonchev–Trinajstić information content (AvgIpc) is 3.14. The molecule has 1 aromatic carbocycles. The summed E-state index contributed by atoms with van der Waals surface area (Å²) in [7, 11) is 0. The predicted molar refractivity (Wildman–Crippen MR) is 107 cm³/mol. The summed E-state index contributed by atoms with van der Waals surface area (Å²) >= 11 is 8.72. The molecule has 2 atom stereocenters. The number of carbonyl (C=O) groups excluding carboxylic acids is 2. The molecule has 3 heterocycles. The van der Waals surface area contributed by atoms with Crippen LogP contribution in [-0.2, 0) is 20.8 Å². The molecule has 0 saturated carbocycles. The molecule has 0 unspecified atom stereocenters. The van der Waals surface area contributed by atoms with Gasteiger partial charge in [0.05, 0.1) is 17.1 Å². The van der Waals surface area contributed by atoms with Crippen molar-refractivity contribution in [2.45, 2.75) is 17.8 Å². The van der Waals surface area contributed by atoms with Gasteiger partial charge in [0, 0.05) is 16.7 Å². The van der Waals surface area contributed by atoms with Crippen LogP contribution in [0.15, 0.2) is 46.4 Å². The van der Waals surface area contributed by atoms with Crippen molar-refractivity contribution >= 4 is 52.5 Å². The third-order valence-corrected chi connectivity index (χ3v) is 7.05. The van der Waals surface area contributed by atoms with Crippen LogP contribution in [-0.4, -0.2) is 49.9 Å². The van der Waals surface area contributed by atoms with E-state index in [4.69, 9.17) is 11.6 Å². The Morgan fingerprint density at radius 2 is 2.07 bits per heavy atom. The number of hydrogen-bond acceptors (Lipinski definition) is 6. The number of thiazole rings is 1. The van der Waals surface area contributed by atoms with E-state index in [9.17, 15) is 19.5 Å². The molecule has 0 spiro atoms. The standard InChI is InChI=1S/C18H14ClN3O4S2/c19-11-8-28-17-13(16(24)22(17)14(11)18(25)26)21-12(23)6-10-7-27-15(20-10)9-4-2-1-3-5-9/h1-5,7,13,17H,6,8H2,(H,21,23)(H,25,26)/t13-,17-/m1/s1. The van der Waals surface area contributed by atoms with Gasteiger partial charge in [0.15, 0.2) is 0 Å². The van der Waals surface area contributed by atoms with Crippen LogP contribution in [0.5, 0.6) is 0 Å². The minimum absolute atomic E-state index is 0.0485. The van der Waals surface area contributed by atoms with E-state index >= 15 is 0 Å². The number of carboxylic acid groups (broad SMARTS) is 1. The van der Waals surface area contributed by atoms with Crippen molar-refractivity contribution in [1.29, 1.82) is 0 Å². The second-order valence-electron chi connectivity index (χ2n) is 6.20. The molecular formula is C18H14ClN3O4S2. The van der Waals surface area contributed by atoms with Crippen molar-refractivity contribution in [3.05, 3.63) is 52.1 Å². The Hall–Kier alpha value is -2.36. The number of β-lactam (4-membered cyclic amide) rings is 1. The lowest BCUT2D eigenvalue weighted by Crippen LogP contribution is -2.70. The van der Waals surface area contributed by atoms with Gasteiger partial charge in [-0.1, -0.05) is 41.9 Å². The normalized spacial score (nSPS) is 21.2. The summed E-state index contributed by atoms with van der Waals surface area (Å²) in [5.74, 6) is -1.76. The second-order valence-corrected chi connectivity index (χ2v) is 8.62. The molecular weight excluding hydrogens is 422 g/mol. The van der Waals surface area contributed by atoms with Crippen molar-refractivity contribution in [1.82, 2.24) is 15.2 Å². The van der Waals surface area contributed by atoms with Gasteiger partial charge in [-0.2, -0.15) is 0 Å². The Morgan fingerprint density at radius 1 is 1.32 bits per heavy atom. The molecule has 2 aliphatic rings. The van der Waals surface area contributed by atoms with Gasteiger partial charge < -0.3 is 10.4 Å². The summed E-state index contributed by atoms with van der Waals surface area (Å²) in [4.78, 5) is 41.7. The number of aromatic nitrogens is 1. The fourth-order valence-corrected chi connectivity index (χ4v) is 5.45. The molecule has 2 aliphatic heterocycles. The lowest BCUT2D eigenvalue weighted by atomic mass is 10.0. The first kappa shape index (κ1) is 19.0. The van der Waals surface area contributed by atoms with E-state index in [1.165, 1.54) is 23.1 Å². The quantitative estimate of drug-likeness (QED) is 0.699. The first-order valence-corrected chi connectivity index (χ1v) is 10.6. The minimum atomic E-state index is -1.25. The Kier molecular flexibility index (Phi) is 5.13. The van der Waals surface area contributed by atoms with E-state index in [0.29, 0.717) is 5.69 Å². The lowest BCUT2D eigenvalue weighted by molar-refractivity contribution is -0.150. The summed E-state index contributed by atoms with van der Waals surface area (Å²) in [5.41, 5.74) is 1.40. The molecule has 10 heteroatoms. The Balaban J connectivity index is 1.40. The van der Waals surface area contributed by atoms with Gasteiger partial charge in [0.25, 0.3) is 5.91 Å². The highest BCUT2D eigenvalue weighted by Crippen LogP contribution is 2.41. The van der Waals surface area contributed by atoms with Crippen molar-refractivity contribution in [2.24, 2.45) is 0 Å². The van der Waals surface area contributed by atoms with Crippen molar-refractivity contribution in [2.75, 3.05) is 5.75 Å². The number of hydrogen-bond donors (Lipinski definition) is 2. The molecule has 144 valence electrons. The van der Waals surface area contributed by atoms with Crippen LogP contribution in [0, 0.1) is 0 Å². The maximum Gasteiger partial charge on any atom is 0.353 e. The maximum absolute atomic E-state index is 12.4. The third kappa shape index (κ3) is 3.41. The molecule has 0 aliphatic carbocycles. The number of carbonyl (C=O) groups is 3. The van der Waals surface area contributed by atoms with Crippen molar-refractivity contribution in [3.63, 3.8) is 0 Å². The topological polar surface area (TPSA) is 99.6 Å². The number of nitrogens with one attached hydrogen (secondary N) is 1. The highest BCUT2D eigenvalue weighted by Gasteiger charge is 2.54. The number of aliphatic carboxylic acids is 1. The van der Waals surface area contributed by atoms with Gasteiger partial charge in [-0.25, -0.2) is 9.78 Å². The number of nitrogens with zero attached hydrogens (tertiary/aromatic N) is 2. The third-order valence-electron chi connectivity index (χ3n) is 4.36. The molecule has 28 heavy (non-hydrogen) atoms. The van der Waals surface area contributed by atoms with Crippen LogP contribution in [0.2, 0.25) is 0 Å². The predicted octanol–water partition coefficient (Wildman–Crippen LogP) is 2.29. The molecule has 2 N–H and O–H groups in total. The van der Waals surface area contributed by atoms with Crippen LogP contribution in [0.1, 0.15) is 5.69 Å². The smallest absolute Gasteiger partial charge is 0.353 e. The largest absolute Gasteiger partial charge is 0.477 e. The van der Waals surface area contributed by atoms with E-state index in [1.807, 2.05) is 35.7 Å². The Morgan fingerprint density at radius 3 is 2.79 bits per heavy atom. The van der Waals surface area contributed by atoms with Gasteiger partial charge >= 0.3 is 5.97 Å². The first-order chi connectivity index (χ1) is 13.5. The van der Waals surface area contributed by atoms with Crippen molar-refractivity contribution in [3.8, 4) is 10.6 Å². The molecule has 2 amide bonds. The molecule has 4 rings (SSSR count). The molecule has 7 nitrogen and oxygen atoms in total. The van der Waals surface area contributed by atoms with Crippen molar-refractivity contribution < 1.29 is 19.5 Å². The number of fused-ring (bicyclic) bond motifs is 1. The summed E-state index contributed by atoms with van der Waals surface area (Å²) in [6, 6.07) is 8.90. The highest BCUT2D eigenvalue weighted by molar-refractivity contribution is 8.00. The lowest BCUT2D eigenvalue weighted by Gasteiger charge is -2.48. The van der Waals surface area contributed by atoms with Gasteiger partial charge in [0.2, 0.25) is 5.91 Å². The van der Waals surface area contributed by atoms with Gasteiger partial charge in [-0.05, 0) is 0 Å². The van der Waals surface area contributed by atoms with E-state index < -0.39 is 23.3 Å². The van der Waals surface area contributed by atoms with Crippen LogP contribution < -0.4 is 5.32 Å². The average molecular weight is 436 g/mol. The first-order valence-electron chi connectivity index (χ1n) is 8.31. The number of thioether (sulfide) groups is 1. The van der Waals surface area contributed by atoms with Gasteiger partial charge in [-0.15, -0.1) is 23.1 Å². The summed E-state index contributed by atoms with van der Waals surface area (Å²) in [6.45, 7) is 0. The van der Waals surface area contributed by atoms with Crippen LogP contribution in [0.4, 0.5) is 0 Å². The zero-order chi connectivity index (χ0) is 19.8. The van der Waals surface area contributed by atoms with E-state index in [2.05, 4.69) is 10.3 Å². The number of rotatable bonds is 5. The zero-order valence-corrected chi connectivity index (χ0v) is 16.7. The second kappa shape index (κ2) is 7.57. The molecule has 1 aromatic heterocycles. The van der Waals surface area contributed by atoms with Crippen LogP contribution in [0.25, 0.3) is 10.6 Å². The fraction of sp³-hybridized carbons (Fsp3) is 0.222. The minimum Gasteiger partial charge on any atom is -0.477 e. The van der Waals surface area contributed by atoms with Gasteiger partial charge in [0.1, 0.15) is 22.1 Å². The van der Waals surface area contributed by atoms with Gasteiger partial charge in [-0.3, -0.25) is 14.5 Å². The summed E-state index contributed by atoms with van der Waals surface area (Å²) in [6.07, 6.45) is 0.0485. The molecule has 0 bridgehead atoms. The van der Waals surface area contributed by atoms with E-state index in [-0.39, 0.29) is 28.8 Å². The monoisotopic (exact) mass is 435 g/mol. The summed E-state index contributed by atoms with van der Waals surface area (Å²) < 4.78 is 0. The zero-order valence-electron chi connectivity index (χ0n) is 14.3. The van der Waals surface area contributed by atoms with Crippen LogP contribution in [0.3, 0.4) is 0 Å². The van der Waals surface area contributed by atoms with E-state index in [1.54, 1.807) is 0 Å². The number of carboxylic acids is 1. The fourth-order valence-electron chi connectivity index (χ4n) is 3.07. The highest BCUT2D eigenvalue weighted by atomic mass is 35.5. The molecule has 0 radical (unpaired) electrons. The molecule has 1 saturated heterocycles. The SMILES string of the molecule is O=C(Cc1csc(-c2ccccc2)n1)N[C@@H]1C(=O)N2C(C(=O)O)=C(Cl)CS[C@H]12. The molecule has 1 fully saturated rings. The Labute approximate surface area is 173 Å². The Bertz CT molecular complexity index is 992. The summed E-state index contributed by atoms with van der Waals surface area (Å²) in [5, 5.41) is 14.3. The van der Waals surface area contributed by atoms with Crippen LogP contribution >= 0.6 is 34.7 Å². The number of amides is 2. The number of halogens is 1. The maximum atomic E-state index is 12.4. The van der Waals surface area contributed by atoms with E-state index in [0.717, 1.165) is 15.5 Å². The number of benzene rings is 1. The molecule has 2 aromatic rings.